The van der Waals surface area contributed by atoms with Crippen molar-refractivity contribution in [3.63, 3.8) is 0 Å². The molecule has 0 atom stereocenters. The zero-order chi connectivity index (χ0) is 37.2. The summed E-state index contributed by atoms with van der Waals surface area (Å²) in [6.45, 7) is 0. The topological polar surface area (TPSA) is 72.3 Å². The molecule has 0 bridgehead atoms. The largest absolute Gasteiger partial charge is 0.309 e. The highest BCUT2D eigenvalue weighted by Gasteiger charge is 2.20. The first kappa shape index (κ1) is 31.6. The van der Waals surface area contributed by atoms with Crippen LogP contribution in [0.5, 0.6) is 0 Å². The Morgan fingerprint density at radius 1 is 0.393 bits per heavy atom. The fraction of sp³-hybridized carbons (Fsp3) is 0. The van der Waals surface area contributed by atoms with Gasteiger partial charge in [-0.1, -0.05) is 127 Å². The van der Waals surface area contributed by atoms with E-state index in [-0.39, 0.29) is 0 Å². The van der Waals surface area contributed by atoms with Gasteiger partial charge < -0.3 is 4.57 Å². The number of hydrogen-bond donors (Lipinski definition) is 0. The van der Waals surface area contributed by atoms with Gasteiger partial charge in [-0.05, 0) is 71.1 Å². The van der Waals surface area contributed by atoms with Crippen LogP contribution in [0.3, 0.4) is 0 Å². The zero-order valence-electron chi connectivity index (χ0n) is 30.0. The molecule has 0 fully saturated rings. The maximum Gasteiger partial charge on any atom is 0.238 e. The normalized spacial score (nSPS) is 11.6. The Kier molecular flexibility index (Phi) is 7.13. The summed E-state index contributed by atoms with van der Waals surface area (Å²) in [6, 6.07) is 65.2. The van der Waals surface area contributed by atoms with Crippen LogP contribution >= 0.6 is 0 Å². The maximum atomic E-state index is 9.42. The van der Waals surface area contributed by atoms with Crippen molar-refractivity contribution in [3.8, 4) is 51.6 Å². The van der Waals surface area contributed by atoms with E-state index < -0.39 is 0 Å². The second kappa shape index (κ2) is 12.6. The minimum Gasteiger partial charge on any atom is -0.309 e. The van der Waals surface area contributed by atoms with E-state index in [0.29, 0.717) is 23.2 Å². The van der Waals surface area contributed by atoms with Crippen molar-refractivity contribution >= 4 is 54.4 Å². The Hall–Kier alpha value is -7.88. The van der Waals surface area contributed by atoms with Crippen LogP contribution in [0.25, 0.3) is 99.9 Å². The third-order valence-electron chi connectivity index (χ3n) is 10.8. The highest BCUT2D eigenvalue weighted by molar-refractivity contribution is 6.19. The van der Waals surface area contributed by atoms with E-state index in [0.717, 1.165) is 71.6 Å². The molecule has 0 aliphatic heterocycles. The molecule has 0 N–H and O–H groups in total. The standard InChI is InChI=1S/C50H30N6/c51-31-32-19-25-38(26-20-32)55-44-17-9-8-16-40(44)43-30-37(24-28-46(43)55)36-22-21-33-23-27-41-39-15-7-10-18-45(39)56(47(41)42(33)29-36)50-53-48(34-11-3-1-4-12-34)52-49(54-50)35-13-5-2-6-14-35/h1-30H. The van der Waals surface area contributed by atoms with Crippen LogP contribution in [0.4, 0.5) is 0 Å². The Bertz CT molecular complexity index is 3300. The van der Waals surface area contributed by atoms with E-state index in [4.69, 9.17) is 15.0 Å². The van der Waals surface area contributed by atoms with Crippen molar-refractivity contribution in [2.75, 3.05) is 0 Å². The lowest BCUT2D eigenvalue weighted by Gasteiger charge is -2.12. The molecule has 0 aliphatic carbocycles. The van der Waals surface area contributed by atoms with Crippen molar-refractivity contribution < 1.29 is 0 Å². The predicted molar refractivity (Wildman–Crippen MR) is 227 cm³/mol. The first-order valence-corrected chi connectivity index (χ1v) is 18.6. The van der Waals surface area contributed by atoms with Crippen LogP contribution in [0.15, 0.2) is 182 Å². The fourth-order valence-corrected chi connectivity index (χ4v) is 8.18. The van der Waals surface area contributed by atoms with Gasteiger partial charge in [0.05, 0.1) is 33.7 Å². The van der Waals surface area contributed by atoms with E-state index >= 15 is 0 Å². The van der Waals surface area contributed by atoms with Crippen molar-refractivity contribution in [1.82, 2.24) is 24.1 Å². The van der Waals surface area contributed by atoms with Crippen LogP contribution in [0.2, 0.25) is 0 Å². The second-order valence-corrected chi connectivity index (χ2v) is 14.0. The van der Waals surface area contributed by atoms with Gasteiger partial charge in [-0.15, -0.1) is 0 Å². The average molecular weight is 715 g/mol. The van der Waals surface area contributed by atoms with Gasteiger partial charge in [-0.25, -0.2) is 4.98 Å². The van der Waals surface area contributed by atoms with Crippen molar-refractivity contribution in [1.29, 1.82) is 5.26 Å². The van der Waals surface area contributed by atoms with Gasteiger partial charge in [0.15, 0.2) is 11.6 Å². The van der Waals surface area contributed by atoms with E-state index in [2.05, 4.69) is 112 Å². The van der Waals surface area contributed by atoms with E-state index in [1.807, 2.05) is 84.9 Å². The number of hydrogen-bond acceptors (Lipinski definition) is 4. The maximum absolute atomic E-state index is 9.42. The average Bonchev–Trinajstić information content (AvgIpc) is 3.80. The van der Waals surface area contributed by atoms with E-state index in [9.17, 15) is 5.26 Å². The number of para-hydroxylation sites is 2. The lowest BCUT2D eigenvalue weighted by atomic mass is 9.98. The molecule has 0 aliphatic rings. The molecule has 3 aromatic heterocycles. The first-order valence-electron chi connectivity index (χ1n) is 18.6. The minimum absolute atomic E-state index is 0.568. The summed E-state index contributed by atoms with van der Waals surface area (Å²) < 4.78 is 4.49. The lowest BCUT2D eigenvalue weighted by Crippen LogP contribution is -2.06. The van der Waals surface area contributed by atoms with Gasteiger partial charge in [0.1, 0.15) is 0 Å². The van der Waals surface area contributed by atoms with Gasteiger partial charge in [-0.2, -0.15) is 15.2 Å². The van der Waals surface area contributed by atoms with Gasteiger partial charge in [0, 0.05) is 43.7 Å². The number of rotatable bonds is 5. The van der Waals surface area contributed by atoms with Crippen molar-refractivity contribution in [2.45, 2.75) is 0 Å². The van der Waals surface area contributed by atoms with Crippen LogP contribution in [0.1, 0.15) is 5.56 Å². The molecule has 0 saturated heterocycles. The molecule has 3 heterocycles. The summed E-state index contributed by atoms with van der Waals surface area (Å²) in [7, 11) is 0. The Balaban J connectivity index is 1.15. The SMILES string of the molecule is N#Cc1ccc(-n2c3ccccc3c3cc(-c4ccc5ccc6c7ccccc7n(-c7nc(-c8ccccc8)nc(-c8ccccc8)n7)c6c5c4)ccc32)cc1. The number of benzene rings is 8. The summed E-state index contributed by atoms with van der Waals surface area (Å²) >= 11 is 0. The summed E-state index contributed by atoms with van der Waals surface area (Å²) in [6.07, 6.45) is 0. The highest BCUT2D eigenvalue weighted by Crippen LogP contribution is 2.40. The van der Waals surface area contributed by atoms with Gasteiger partial charge in [-0.3, -0.25) is 4.57 Å². The summed E-state index contributed by atoms with van der Waals surface area (Å²) in [5, 5.41) is 16.3. The lowest BCUT2D eigenvalue weighted by molar-refractivity contribution is 0.955. The molecule has 6 nitrogen and oxygen atoms in total. The summed E-state index contributed by atoms with van der Waals surface area (Å²) in [5.74, 6) is 1.81. The van der Waals surface area contributed by atoms with Crippen LogP contribution in [-0.4, -0.2) is 24.1 Å². The monoisotopic (exact) mass is 714 g/mol. The van der Waals surface area contributed by atoms with Crippen LogP contribution in [0, 0.1) is 11.3 Å². The molecule has 0 spiro atoms. The summed E-state index contributed by atoms with van der Waals surface area (Å²) in [5.41, 5.74) is 10.1. The molecular weight excluding hydrogens is 685 g/mol. The van der Waals surface area contributed by atoms with Gasteiger partial charge >= 0.3 is 0 Å². The Labute approximate surface area is 321 Å². The first-order chi connectivity index (χ1) is 27.7. The molecule has 0 unspecified atom stereocenters. The fourth-order valence-electron chi connectivity index (χ4n) is 8.18. The molecule has 8 aromatic carbocycles. The molecule has 0 saturated carbocycles. The predicted octanol–water partition coefficient (Wildman–Crippen LogP) is 12.1. The van der Waals surface area contributed by atoms with Crippen molar-refractivity contribution in [2.24, 2.45) is 0 Å². The number of nitriles is 1. The third-order valence-corrected chi connectivity index (χ3v) is 10.8. The number of fused-ring (bicyclic) bond motifs is 8. The molecular formula is C50H30N6. The molecule has 6 heteroatoms. The Morgan fingerprint density at radius 3 is 1.59 bits per heavy atom. The molecule has 11 rings (SSSR count). The van der Waals surface area contributed by atoms with E-state index in [1.165, 1.54) is 10.8 Å². The quantitative estimate of drug-likeness (QED) is 0.178. The number of nitrogens with zero attached hydrogens (tertiary/aromatic N) is 6. The van der Waals surface area contributed by atoms with Crippen molar-refractivity contribution in [3.05, 3.63) is 188 Å². The van der Waals surface area contributed by atoms with E-state index in [1.54, 1.807) is 0 Å². The van der Waals surface area contributed by atoms with Crippen LogP contribution < -0.4 is 0 Å². The molecule has 0 radical (unpaired) electrons. The zero-order valence-corrected chi connectivity index (χ0v) is 30.0. The minimum atomic E-state index is 0.568. The highest BCUT2D eigenvalue weighted by atomic mass is 15.2. The smallest absolute Gasteiger partial charge is 0.238 e. The van der Waals surface area contributed by atoms with Gasteiger partial charge in [0.25, 0.3) is 0 Å². The molecule has 11 aromatic rings. The van der Waals surface area contributed by atoms with Gasteiger partial charge in [0.2, 0.25) is 5.95 Å². The summed E-state index contributed by atoms with van der Waals surface area (Å²) in [4.78, 5) is 15.3. The van der Waals surface area contributed by atoms with Crippen LogP contribution in [-0.2, 0) is 0 Å². The molecule has 260 valence electrons. The second-order valence-electron chi connectivity index (χ2n) is 14.0. The Morgan fingerprint density at radius 2 is 0.929 bits per heavy atom. The molecule has 56 heavy (non-hydrogen) atoms. The third kappa shape index (κ3) is 4.99. The molecule has 0 amide bonds. The number of aromatic nitrogens is 5.